The normalized spacial score (nSPS) is 18.8. The molecule has 1 atom stereocenters. The molecule has 2 heterocycles. The van der Waals surface area contributed by atoms with Gasteiger partial charge in [0.1, 0.15) is 5.82 Å². The van der Waals surface area contributed by atoms with Crippen LogP contribution < -0.4 is 10.6 Å². The maximum Gasteiger partial charge on any atom is 0.356 e. The van der Waals surface area contributed by atoms with Gasteiger partial charge in [-0.25, -0.2) is 4.79 Å². The number of carbonyl (C=O) groups is 2. The number of hydrogen-bond donors (Lipinski definition) is 3. The molecule has 1 aromatic heterocycles. The van der Waals surface area contributed by atoms with Crippen molar-refractivity contribution >= 4 is 17.7 Å². The highest BCUT2D eigenvalue weighted by molar-refractivity contribution is 5.85. The number of nitrogens with one attached hydrogen (secondary N) is 2. The Morgan fingerprint density at radius 2 is 2.35 bits per heavy atom. The number of aromatic nitrogens is 2. The predicted molar refractivity (Wildman–Crippen MR) is 58.6 cm³/mol. The molecule has 1 saturated heterocycles. The molecule has 3 N–H and O–H groups in total. The fourth-order valence-corrected chi connectivity index (χ4v) is 1.60. The lowest BCUT2D eigenvalue weighted by atomic mass is 10.2. The number of hydrogen-bond acceptors (Lipinski definition) is 5. The molecule has 0 aliphatic carbocycles. The summed E-state index contributed by atoms with van der Waals surface area (Å²) in [6.07, 6.45) is 1.35. The summed E-state index contributed by atoms with van der Waals surface area (Å²) in [4.78, 5) is 21.5. The minimum absolute atomic E-state index is 0.0594. The highest BCUT2D eigenvalue weighted by Crippen LogP contribution is 2.08. The van der Waals surface area contributed by atoms with Gasteiger partial charge in [-0.2, -0.15) is 0 Å². The quantitative estimate of drug-likeness (QED) is 0.672. The van der Waals surface area contributed by atoms with E-state index in [1.165, 1.54) is 6.07 Å². The molecule has 7 heteroatoms. The smallest absolute Gasteiger partial charge is 0.356 e. The predicted octanol–water partition coefficient (Wildman–Crippen LogP) is -0.135. The van der Waals surface area contributed by atoms with Crippen molar-refractivity contribution in [1.82, 2.24) is 15.5 Å². The third-order valence-electron chi connectivity index (χ3n) is 2.50. The lowest BCUT2D eigenvalue weighted by molar-refractivity contribution is -0.119. The van der Waals surface area contributed by atoms with Gasteiger partial charge < -0.3 is 15.7 Å². The van der Waals surface area contributed by atoms with E-state index in [1.54, 1.807) is 6.07 Å². The number of amides is 1. The van der Waals surface area contributed by atoms with E-state index in [4.69, 9.17) is 5.11 Å². The van der Waals surface area contributed by atoms with E-state index in [1.807, 2.05) is 0 Å². The van der Waals surface area contributed by atoms with Crippen LogP contribution in [-0.2, 0) is 4.79 Å². The van der Waals surface area contributed by atoms with Crippen LogP contribution in [0.25, 0.3) is 0 Å². The number of nitrogens with zero attached hydrogens (tertiary/aromatic N) is 2. The number of rotatable bonds is 4. The molecule has 0 saturated carbocycles. The summed E-state index contributed by atoms with van der Waals surface area (Å²) in [5.74, 6) is -0.549. The molecule has 17 heavy (non-hydrogen) atoms. The summed E-state index contributed by atoms with van der Waals surface area (Å²) in [5.41, 5.74) is -0.0929. The van der Waals surface area contributed by atoms with Gasteiger partial charge in [0.15, 0.2) is 5.69 Å². The van der Waals surface area contributed by atoms with Crippen molar-refractivity contribution in [3.8, 4) is 0 Å². The largest absolute Gasteiger partial charge is 0.476 e. The first-order valence-electron chi connectivity index (χ1n) is 5.25. The molecule has 0 radical (unpaired) electrons. The van der Waals surface area contributed by atoms with Crippen LogP contribution in [-0.4, -0.2) is 39.8 Å². The molecule has 90 valence electrons. The SMILES string of the molecule is O=C1CCC(CNc2ccc(C(=O)O)nn2)N1. The van der Waals surface area contributed by atoms with Crippen molar-refractivity contribution in [2.75, 3.05) is 11.9 Å². The Kier molecular flexibility index (Phi) is 3.17. The lowest BCUT2D eigenvalue weighted by Gasteiger charge is -2.11. The molecular formula is C10H12N4O3. The summed E-state index contributed by atoms with van der Waals surface area (Å²) >= 11 is 0. The molecular weight excluding hydrogens is 224 g/mol. The second-order valence-corrected chi connectivity index (χ2v) is 3.79. The molecule has 0 aromatic carbocycles. The fraction of sp³-hybridized carbons (Fsp3) is 0.400. The van der Waals surface area contributed by atoms with Gasteiger partial charge in [0.2, 0.25) is 5.91 Å². The van der Waals surface area contributed by atoms with Crippen LogP contribution in [0.2, 0.25) is 0 Å². The topological polar surface area (TPSA) is 104 Å². The van der Waals surface area contributed by atoms with Crippen LogP contribution in [0.3, 0.4) is 0 Å². The van der Waals surface area contributed by atoms with E-state index in [-0.39, 0.29) is 17.6 Å². The molecule has 0 bridgehead atoms. The number of anilines is 1. The molecule has 2 rings (SSSR count). The van der Waals surface area contributed by atoms with E-state index in [0.29, 0.717) is 18.8 Å². The van der Waals surface area contributed by atoms with Crippen molar-refractivity contribution in [1.29, 1.82) is 0 Å². The van der Waals surface area contributed by atoms with E-state index in [2.05, 4.69) is 20.8 Å². The van der Waals surface area contributed by atoms with Crippen LogP contribution in [0, 0.1) is 0 Å². The van der Waals surface area contributed by atoms with Crippen LogP contribution in [0.15, 0.2) is 12.1 Å². The Labute approximate surface area is 97.2 Å². The van der Waals surface area contributed by atoms with Gasteiger partial charge >= 0.3 is 5.97 Å². The summed E-state index contributed by atoms with van der Waals surface area (Å²) in [6.45, 7) is 0.562. The van der Waals surface area contributed by atoms with Crippen molar-refractivity contribution in [3.63, 3.8) is 0 Å². The molecule has 1 aliphatic heterocycles. The van der Waals surface area contributed by atoms with Gasteiger partial charge in [-0.1, -0.05) is 0 Å². The Bertz CT molecular complexity index is 432. The number of carboxylic acid groups (broad SMARTS) is 1. The van der Waals surface area contributed by atoms with Gasteiger partial charge in [0, 0.05) is 19.0 Å². The Balaban J connectivity index is 1.87. The van der Waals surface area contributed by atoms with Crippen LogP contribution >= 0.6 is 0 Å². The molecule has 1 amide bonds. The fourth-order valence-electron chi connectivity index (χ4n) is 1.60. The van der Waals surface area contributed by atoms with Crippen molar-refractivity contribution in [2.24, 2.45) is 0 Å². The van der Waals surface area contributed by atoms with E-state index in [0.717, 1.165) is 6.42 Å². The van der Waals surface area contributed by atoms with Gasteiger partial charge in [-0.3, -0.25) is 4.79 Å². The molecule has 1 fully saturated rings. The van der Waals surface area contributed by atoms with Crippen LogP contribution in [0.4, 0.5) is 5.82 Å². The van der Waals surface area contributed by atoms with Crippen molar-refractivity contribution < 1.29 is 14.7 Å². The number of carbonyl (C=O) groups excluding carboxylic acids is 1. The van der Waals surface area contributed by atoms with E-state index >= 15 is 0 Å². The summed E-state index contributed by atoms with van der Waals surface area (Å²) in [7, 11) is 0. The summed E-state index contributed by atoms with van der Waals surface area (Å²) < 4.78 is 0. The highest BCUT2D eigenvalue weighted by Gasteiger charge is 2.20. The van der Waals surface area contributed by atoms with Gasteiger partial charge in [0.25, 0.3) is 0 Å². The second kappa shape index (κ2) is 4.77. The lowest BCUT2D eigenvalue weighted by Crippen LogP contribution is -2.32. The first-order chi connectivity index (χ1) is 8.15. The van der Waals surface area contributed by atoms with Crippen LogP contribution in [0.5, 0.6) is 0 Å². The van der Waals surface area contributed by atoms with Gasteiger partial charge in [-0.05, 0) is 18.6 Å². The minimum Gasteiger partial charge on any atom is -0.476 e. The Morgan fingerprint density at radius 3 is 2.88 bits per heavy atom. The van der Waals surface area contributed by atoms with Gasteiger partial charge in [-0.15, -0.1) is 10.2 Å². The molecule has 0 spiro atoms. The van der Waals surface area contributed by atoms with Crippen LogP contribution in [0.1, 0.15) is 23.3 Å². The number of carboxylic acids is 1. The second-order valence-electron chi connectivity index (χ2n) is 3.79. The average molecular weight is 236 g/mol. The summed E-state index contributed by atoms with van der Waals surface area (Å²) in [5, 5.41) is 21.7. The monoisotopic (exact) mass is 236 g/mol. The van der Waals surface area contributed by atoms with Gasteiger partial charge in [0.05, 0.1) is 0 Å². The third kappa shape index (κ3) is 2.90. The molecule has 1 aliphatic rings. The van der Waals surface area contributed by atoms with Crippen molar-refractivity contribution in [2.45, 2.75) is 18.9 Å². The molecule has 7 nitrogen and oxygen atoms in total. The first kappa shape index (κ1) is 11.3. The Morgan fingerprint density at radius 1 is 1.53 bits per heavy atom. The third-order valence-corrected chi connectivity index (χ3v) is 2.50. The zero-order valence-electron chi connectivity index (χ0n) is 9.01. The standard InChI is InChI=1S/C10H12N4O3/c15-9-4-1-6(12-9)5-11-8-3-2-7(10(16)17)13-14-8/h2-3,6H,1,4-5H2,(H,11,14)(H,12,15)(H,16,17). The minimum atomic E-state index is -1.10. The zero-order chi connectivity index (χ0) is 12.3. The maximum atomic E-state index is 11.0. The number of aromatic carboxylic acids is 1. The molecule has 1 aromatic rings. The Hall–Kier alpha value is -2.18. The van der Waals surface area contributed by atoms with E-state index in [9.17, 15) is 9.59 Å². The molecule has 1 unspecified atom stereocenters. The zero-order valence-corrected chi connectivity index (χ0v) is 9.01. The average Bonchev–Trinajstić information content (AvgIpc) is 2.73. The van der Waals surface area contributed by atoms with Crippen molar-refractivity contribution in [3.05, 3.63) is 17.8 Å². The first-order valence-corrected chi connectivity index (χ1v) is 5.25. The van der Waals surface area contributed by atoms with E-state index < -0.39 is 5.97 Å². The maximum absolute atomic E-state index is 11.0. The summed E-state index contributed by atoms with van der Waals surface area (Å²) in [6, 6.07) is 3.03. The highest BCUT2D eigenvalue weighted by atomic mass is 16.4.